The van der Waals surface area contributed by atoms with Crippen molar-refractivity contribution in [2.45, 2.75) is 38.6 Å². The first kappa shape index (κ1) is 13.6. The van der Waals surface area contributed by atoms with Crippen molar-refractivity contribution in [2.24, 2.45) is 11.7 Å². The molecular weight excluding hydrogens is 292 g/mol. The van der Waals surface area contributed by atoms with Gasteiger partial charge in [-0.2, -0.15) is 0 Å². The van der Waals surface area contributed by atoms with Gasteiger partial charge < -0.3 is 11.1 Å². The maximum atomic E-state index is 12.2. The largest absolute Gasteiger partial charge is 0.327 e. The van der Waals surface area contributed by atoms with Gasteiger partial charge in [-0.25, -0.2) is 0 Å². The first-order chi connectivity index (χ1) is 8.56. The first-order valence-corrected chi connectivity index (χ1v) is 7.19. The summed E-state index contributed by atoms with van der Waals surface area (Å²) in [6.45, 7) is 2.01. The number of carbonyl (C=O) groups is 1. The van der Waals surface area contributed by atoms with Crippen LogP contribution in [0.5, 0.6) is 0 Å². The number of aryl methyl sites for hydroxylation is 1. The van der Waals surface area contributed by atoms with E-state index < -0.39 is 0 Å². The summed E-state index contributed by atoms with van der Waals surface area (Å²) in [5, 5.41) is 2.97. The van der Waals surface area contributed by atoms with E-state index >= 15 is 0 Å². The Kier molecular flexibility index (Phi) is 4.40. The lowest BCUT2D eigenvalue weighted by Crippen LogP contribution is -2.40. The Morgan fingerprint density at radius 2 is 2.06 bits per heavy atom. The molecule has 1 aliphatic carbocycles. The van der Waals surface area contributed by atoms with E-state index in [0.29, 0.717) is 0 Å². The molecule has 1 aliphatic rings. The lowest BCUT2D eigenvalue weighted by atomic mass is 9.84. The summed E-state index contributed by atoms with van der Waals surface area (Å²) >= 11 is 3.43. The molecule has 98 valence electrons. The molecule has 1 amide bonds. The molecule has 0 aliphatic heterocycles. The molecule has 2 rings (SSSR count). The van der Waals surface area contributed by atoms with Crippen molar-refractivity contribution in [3.8, 4) is 0 Å². The molecule has 2 unspecified atom stereocenters. The third kappa shape index (κ3) is 3.33. The average Bonchev–Trinajstić information content (AvgIpc) is 2.27. The van der Waals surface area contributed by atoms with Crippen LogP contribution in [0.25, 0.3) is 0 Å². The van der Waals surface area contributed by atoms with E-state index in [0.717, 1.165) is 41.4 Å². The number of hydrogen-bond acceptors (Lipinski definition) is 2. The molecule has 4 heteroatoms. The van der Waals surface area contributed by atoms with Crippen molar-refractivity contribution in [3.63, 3.8) is 0 Å². The number of amides is 1. The monoisotopic (exact) mass is 310 g/mol. The second-order valence-electron chi connectivity index (χ2n) is 5.06. The van der Waals surface area contributed by atoms with Crippen molar-refractivity contribution in [2.75, 3.05) is 5.32 Å². The fourth-order valence-corrected chi connectivity index (χ4v) is 3.14. The zero-order valence-corrected chi connectivity index (χ0v) is 12.2. The maximum absolute atomic E-state index is 12.2. The summed E-state index contributed by atoms with van der Waals surface area (Å²) in [7, 11) is 0. The van der Waals surface area contributed by atoms with Crippen LogP contribution in [0.2, 0.25) is 0 Å². The molecule has 0 spiro atoms. The smallest absolute Gasteiger partial charge is 0.229 e. The number of hydrogen-bond donors (Lipinski definition) is 2. The molecule has 3 N–H and O–H groups in total. The predicted molar refractivity (Wildman–Crippen MR) is 77.4 cm³/mol. The fraction of sp³-hybridized carbons (Fsp3) is 0.500. The maximum Gasteiger partial charge on any atom is 0.229 e. The van der Waals surface area contributed by atoms with Crippen LogP contribution in [0.3, 0.4) is 0 Å². The summed E-state index contributed by atoms with van der Waals surface area (Å²) < 4.78 is 0.978. The van der Waals surface area contributed by atoms with Crippen molar-refractivity contribution in [1.29, 1.82) is 0 Å². The Bertz CT molecular complexity index is 427. The lowest BCUT2D eigenvalue weighted by molar-refractivity contribution is -0.121. The number of nitrogens with one attached hydrogen (secondary N) is 1. The molecule has 0 bridgehead atoms. The van der Waals surface area contributed by atoms with E-state index in [1.807, 2.05) is 25.1 Å². The number of anilines is 1. The topological polar surface area (TPSA) is 55.1 Å². The molecule has 0 radical (unpaired) electrons. The Morgan fingerprint density at radius 1 is 1.33 bits per heavy atom. The van der Waals surface area contributed by atoms with Gasteiger partial charge in [-0.05, 0) is 43.5 Å². The molecule has 0 saturated heterocycles. The molecule has 1 saturated carbocycles. The Balaban J connectivity index is 2.06. The first-order valence-electron chi connectivity index (χ1n) is 6.40. The summed E-state index contributed by atoms with van der Waals surface area (Å²) in [4.78, 5) is 12.2. The number of benzene rings is 1. The van der Waals surface area contributed by atoms with Crippen LogP contribution in [0.15, 0.2) is 22.7 Å². The van der Waals surface area contributed by atoms with E-state index in [1.165, 1.54) is 0 Å². The van der Waals surface area contributed by atoms with Crippen LogP contribution in [0.4, 0.5) is 5.69 Å². The predicted octanol–water partition coefficient (Wildman–Crippen LogP) is 3.21. The molecule has 0 heterocycles. The molecule has 18 heavy (non-hydrogen) atoms. The minimum absolute atomic E-state index is 0.00648. The third-order valence-electron chi connectivity index (χ3n) is 3.47. The fourth-order valence-electron chi connectivity index (χ4n) is 2.53. The van der Waals surface area contributed by atoms with E-state index in [1.54, 1.807) is 0 Å². The van der Waals surface area contributed by atoms with Crippen LogP contribution in [-0.2, 0) is 4.79 Å². The van der Waals surface area contributed by atoms with Gasteiger partial charge in [-0.3, -0.25) is 4.79 Å². The van der Waals surface area contributed by atoms with Gasteiger partial charge in [0.1, 0.15) is 0 Å². The number of rotatable bonds is 2. The van der Waals surface area contributed by atoms with E-state index in [9.17, 15) is 4.79 Å². The molecule has 1 aromatic carbocycles. The highest BCUT2D eigenvalue weighted by Gasteiger charge is 2.28. The van der Waals surface area contributed by atoms with E-state index in [4.69, 9.17) is 5.73 Å². The van der Waals surface area contributed by atoms with Crippen molar-refractivity contribution < 1.29 is 4.79 Å². The van der Waals surface area contributed by atoms with Gasteiger partial charge in [-0.1, -0.05) is 28.8 Å². The van der Waals surface area contributed by atoms with Gasteiger partial charge in [0.25, 0.3) is 0 Å². The quantitative estimate of drug-likeness (QED) is 0.881. The van der Waals surface area contributed by atoms with Crippen LogP contribution in [0.1, 0.15) is 31.2 Å². The van der Waals surface area contributed by atoms with Crippen molar-refractivity contribution >= 4 is 27.5 Å². The Labute approximate surface area is 116 Å². The SMILES string of the molecule is Cc1cc(Br)cc(NC(=O)C2CCCCC2N)c1. The molecule has 2 atom stereocenters. The highest BCUT2D eigenvalue weighted by atomic mass is 79.9. The standard InChI is InChI=1S/C14H19BrN2O/c1-9-6-10(15)8-11(7-9)17-14(18)12-4-2-3-5-13(12)16/h6-8,12-13H,2-5,16H2,1H3,(H,17,18). The van der Waals surface area contributed by atoms with Gasteiger partial charge in [0.15, 0.2) is 0 Å². The number of halogens is 1. The zero-order valence-electron chi connectivity index (χ0n) is 10.6. The van der Waals surface area contributed by atoms with Crippen LogP contribution < -0.4 is 11.1 Å². The highest BCUT2D eigenvalue weighted by molar-refractivity contribution is 9.10. The minimum atomic E-state index is -0.0435. The van der Waals surface area contributed by atoms with Crippen LogP contribution in [0, 0.1) is 12.8 Å². The van der Waals surface area contributed by atoms with Gasteiger partial charge >= 0.3 is 0 Å². The molecule has 3 nitrogen and oxygen atoms in total. The molecule has 0 aromatic heterocycles. The molecule has 1 fully saturated rings. The van der Waals surface area contributed by atoms with E-state index in [-0.39, 0.29) is 17.9 Å². The van der Waals surface area contributed by atoms with Gasteiger partial charge in [0.05, 0.1) is 5.92 Å². The molecule has 1 aromatic rings. The van der Waals surface area contributed by atoms with Crippen molar-refractivity contribution in [3.05, 3.63) is 28.2 Å². The highest BCUT2D eigenvalue weighted by Crippen LogP contribution is 2.25. The van der Waals surface area contributed by atoms with E-state index in [2.05, 4.69) is 21.2 Å². The summed E-state index contributed by atoms with van der Waals surface area (Å²) in [6, 6.07) is 5.91. The van der Waals surface area contributed by atoms with Gasteiger partial charge in [-0.15, -0.1) is 0 Å². The minimum Gasteiger partial charge on any atom is -0.327 e. The summed E-state index contributed by atoms with van der Waals surface area (Å²) in [5.74, 6) is 0.0118. The zero-order chi connectivity index (χ0) is 13.1. The summed E-state index contributed by atoms with van der Waals surface area (Å²) in [5.41, 5.74) is 7.98. The summed E-state index contributed by atoms with van der Waals surface area (Å²) in [6.07, 6.45) is 4.10. The average molecular weight is 311 g/mol. The van der Waals surface area contributed by atoms with Gasteiger partial charge in [0.2, 0.25) is 5.91 Å². The third-order valence-corrected chi connectivity index (χ3v) is 3.92. The second kappa shape index (κ2) is 5.85. The lowest BCUT2D eigenvalue weighted by Gasteiger charge is -2.27. The van der Waals surface area contributed by atoms with Crippen LogP contribution in [-0.4, -0.2) is 11.9 Å². The normalized spacial score (nSPS) is 23.7. The number of carbonyl (C=O) groups excluding carboxylic acids is 1. The Hall–Kier alpha value is -0.870. The second-order valence-corrected chi connectivity index (χ2v) is 5.98. The van der Waals surface area contributed by atoms with Gasteiger partial charge in [0, 0.05) is 16.2 Å². The number of nitrogens with two attached hydrogens (primary N) is 1. The Morgan fingerprint density at radius 3 is 2.72 bits per heavy atom. The van der Waals surface area contributed by atoms with Crippen LogP contribution >= 0.6 is 15.9 Å². The molecular formula is C14H19BrN2O. The van der Waals surface area contributed by atoms with Crippen molar-refractivity contribution in [1.82, 2.24) is 0 Å².